The van der Waals surface area contributed by atoms with E-state index < -0.39 is 22.0 Å². The van der Waals surface area contributed by atoms with E-state index in [2.05, 4.69) is 0 Å². The molecule has 2 aliphatic heterocycles. The van der Waals surface area contributed by atoms with Crippen molar-refractivity contribution in [1.82, 2.24) is 0 Å². The number of carbonyl (C=O) groups excluding carboxylic acids is 1. The number of esters is 1. The third-order valence-corrected chi connectivity index (χ3v) is 7.78. The van der Waals surface area contributed by atoms with Gasteiger partial charge in [0.15, 0.2) is 0 Å². The molecule has 0 aliphatic carbocycles. The maximum atomic E-state index is 14.0. The van der Waals surface area contributed by atoms with Gasteiger partial charge in [0.2, 0.25) is 0 Å². The van der Waals surface area contributed by atoms with Crippen LogP contribution in [0.25, 0.3) is 5.76 Å². The van der Waals surface area contributed by atoms with Crippen molar-refractivity contribution in [2.45, 2.75) is 57.4 Å². The van der Waals surface area contributed by atoms with Crippen LogP contribution in [0.15, 0.2) is 52.9 Å². The molecule has 0 fully saturated rings. The maximum absolute atomic E-state index is 14.0. The smallest absolute Gasteiger partial charge is 0.308 e. The van der Waals surface area contributed by atoms with Crippen molar-refractivity contribution in [2.75, 3.05) is 17.5 Å². The van der Waals surface area contributed by atoms with Crippen LogP contribution in [0.2, 0.25) is 0 Å². The second kappa shape index (κ2) is 8.98. The summed E-state index contributed by atoms with van der Waals surface area (Å²) in [6.07, 6.45) is 2.36. The molecular formula is C25H29NO5S. The molecule has 2 aromatic rings. The van der Waals surface area contributed by atoms with Gasteiger partial charge in [-0.1, -0.05) is 29.3 Å². The lowest BCUT2D eigenvalue weighted by molar-refractivity contribution is -0.143. The van der Waals surface area contributed by atoms with Crippen molar-refractivity contribution in [3.63, 3.8) is 0 Å². The Morgan fingerprint density at radius 1 is 1.09 bits per heavy atom. The molecule has 7 heteroatoms. The van der Waals surface area contributed by atoms with Gasteiger partial charge in [0.25, 0.3) is 10.0 Å². The minimum absolute atomic E-state index is 0.0611. The van der Waals surface area contributed by atoms with Gasteiger partial charge in [-0.2, -0.15) is 0 Å². The molecule has 0 amide bonds. The summed E-state index contributed by atoms with van der Waals surface area (Å²) in [5.74, 6) is 0.291. The van der Waals surface area contributed by atoms with Crippen LogP contribution in [-0.4, -0.2) is 33.6 Å². The quantitative estimate of drug-likeness (QED) is 0.609. The van der Waals surface area contributed by atoms with Gasteiger partial charge in [-0.05, 0) is 69.9 Å². The van der Waals surface area contributed by atoms with Crippen molar-refractivity contribution in [1.29, 1.82) is 0 Å². The fourth-order valence-corrected chi connectivity index (χ4v) is 6.07. The van der Waals surface area contributed by atoms with Gasteiger partial charge in [0.05, 0.1) is 36.3 Å². The van der Waals surface area contributed by atoms with E-state index in [9.17, 15) is 13.2 Å². The molecular weight excluding hydrogens is 426 g/mol. The zero-order valence-corrected chi connectivity index (χ0v) is 19.6. The number of ether oxygens (including phenoxy) is 2. The first-order chi connectivity index (χ1) is 15.3. The molecule has 0 bridgehead atoms. The van der Waals surface area contributed by atoms with Crippen molar-refractivity contribution >= 4 is 27.4 Å². The van der Waals surface area contributed by atoms with Crippen LogP contribution in [-0.2, 0) is 24.3 Å². The largest absolute Gasteiger partial charge is 0.493 e. The highest BCUT2D eigenvalue weighted by molar-refractivity contribution is 7.92. The van der Waals surface area contributed by atoms with Gasteiger partial charge in [0, 0.05) is 5.56 Å². The number of hydrogen-bond donors (Lipinski definition) is 0. The molecule has 0 N–H and O–H groups in total. The summed E-state index contributed by atoms with van der Waals surface area (Å²) in [5.41, 5.74) is 4.14. The number of nitrogens with zero attached hydrogens (tertiary/aromatic N) is 1. The van der Waals surface area contributed by atoms with E-state index >= 15 is 0 Å². The molecule has 2 aromatic carbocycles. The fourth-order valence-electron chi connectivity index (χ4n) is 4.40. The Morgan fingerprint density at radius 2 is 1.81 bits per heavy atom. The number of aryl methyl sites for hydroxylation is 2. The first-order valence-corrected chi connectivity index (χ1v) is 12.5. The van der Waals surface area contributed by atoms with Crippen LogP contribution in [0.5, 0.6) is 0 Å². The van der Waals surface area contributed by atoms with Gasteiger partial charge in [0.1, 0.15) is 5.76 Å². The van der Waals surface area contributed by atoms with Crippen molar-refractivity contribution in [3.8, 4) is 0 Å². The van der Waals surface area contributed by atoms with Crippen LogP contribution in [0.4, 0.5) is 5.69 Å². The van der Waals surface area contributed by atoms with Gasteiger partial charge >= 0.3 is 5.97 Å². The summed E-state index contributed by atoms with van der Waals surface area (Å²) < 4.78 is 40.7. The second-order valence-corrected chi connectivity index (χ2v) is 10.1. The van der Waals surface area contributed by atoms with Crippen molar-refractivity contribution in [2.24, 2.45) is 0 Å². The second-order valence-electron chi connectivity index (χ2n) is 8.32. The normalized spacial score (nSPS) is 18.3. The standard InChI is InChI=1S/C25H29NO5S/c1-4-30-24(27)16-23-20-7-5-6-14-31-25(20)21-15-18(3)10-13-22(21)26(23)32(28,29)19-11-8-17(2)9-12-19/h8-13,15,23H,4-7,14,16H2,1-3H3. The summed E-state index contributed by atoms with van der Waals surface area (Å²) in [5, 5.41) is 0. The fraction of sp³-hybridized carbons (Fsp3) is 0.400. The average molecular weight is 456 g/mol. The lowest BCUT2D eigenvalue weighted by Gasteiger charge is -2.39. The average Bonchev–Trinajstić information content (AvgIpc) is 3.01. The Hall–Kier alpha value is -2.80. The van der Waals surface area contributed by atoms with Gasteiger partial charge < -0.3 is 9.47 Å². The number of carbonyl (C=O) groups is 1. The minimum Gasteiger partial charge on any atom is -0.493 e. The van der Waals surface area contributed by atoms with E-state index in [0.29, 0.717) is 24.5 Å². The highest BCUT2D eigenvalue weighted by atomic mass is 32.2. The molecule has 0 saturated heterocycles. The number of rotatable bonds is 5. The van der Waals surface area contributed by atoms with Crippen LogP contribution in [0.1, 0.15) is 49.3 Å². The summed E-state index contributed by atoms with van der Waals surface area (Å²) in [6, 6.07) is 11.8. The molecule has 0 radical (unpaired) electrons. The molecule has 170 valence electrons. The minimum atomic E-state index is -3.94. The van der Waals surface area contributed by atoms with E-state index in [4.69, 9.17) is 9.47 Å². The SMILES string of the molecule is CCOC(=O)CC1C2=C(OCCCC2)c2cc(C)ccc2N1S(=O)(=O)c1ccc(C)cc1. The number of hydrogen-bond acceptors (Lipinski definition) is 5. The zero-order chi connectivity index (χ0) is 22.9. The van der Waals surface area contributed by atoms with Crippen LogP contribution in [0.3, 0.4) is 0 Å². The first kappa shape index (κ1) is 22.4. The van der Waals surface area contributed by atoms with Crippen LogP contribution in [0, 0.1) is 13.8 Å². The number of sulfonamides is 1. The van der Waals surface area contributed by atoms with E-state index in [0.717, 1.165) is 35.1 Å². The summed E-state index contributed by atoms with van der Waals surface area (Å²) >= 11 is 0. The van der Waals surface area contributed by atoms with E-state index in [-0.39, 0.29) is 17.9 Å². The predicted octanol–water partition coefficient (Wildman–Crippen LogP) is 4.75. The third-order valence-electron chi connectivity index (χ3n) is 5.94. The monoisotopic (exact) mass is 455 g/mol. The molecule has 32 heavy (non-hydrogen) atoms. The Morgan fingerprint density at radius 3 is 2.53 bits per heavy atom. The molecule has 0 spiro atoms. The molecule has 0 saturated carbocycles. The highest BCUT2D eigenvalue weighted by Gasteiger charge is 2.42. The Balaban J connectivity index is 1.93. The van der Waals surface area contributed by atoms with Gasteiger partial charge in [-0.3, -0.25) is 9.10 Å². The number of fused-ring (bicyclic) bond motifs is 2. The van der Waals surface area contributed by atoms with Crippen molar-refractivity contribution < 1.29 is 22.7 Å². The van der Waals surface area contributed by atoms with E-state index in [1.165, 1.54) is 4.31 Å². The molecule has 2 heterocycles. The van der Waals surface area contributed by atoms with Crippen molar-refractivity contribution in [3.05, 3.63) is 64.7 Å². The Labute approximate surface area is 189 Å². The highest BCUT2D eigenvalue weighted by Crippen LogP contribution is 2.45. The molecule has 1 atom stereocenters. The Bertz CT molecular complexity index is 1150. The maximum Gasteiger partial charge on any atom is 0.308 e. The lowest BCUT2D eigenvalue weighted by Crippen LogP contribution is -2.46. The van der Waals surface area contributed by atoms with Gasteiger partial charge in [-0.25, -0.2) is 8.42 Å². The van der Waals surface area contributed by atoms with E-state index in [1.807, 2.05) is 32.0 Å². The number of benzene rings is 2. The summed E-state index contributed by atoms with van der Waals surface area (Å²) in [6.45, 7) is 6.45. The predicted molar refractivity (Wildman–Crippen MR) is 124 cm³/mol. The van der Waals surface area contributed by atoms with Crippen LogP contribution < -0.4 is 4.31 Å². The molecule has 6 nitrogen and oxygen atoms in total. The van der Waals surface area contributed by atoms with Gasteiger partial charge in [-0.15, -0.1) is 0 Å². The molecule has 0 aromatic heterocycles. The zero-order valence-electron chi connectivity index (χ0n) is 18.8. The Kier molecular flexibility index (Phi) is 6.29. The number of anilines is 1. The summed E-state index contributed by atoms with van der Waals surface area (Å²) in [7, 11) is -3.94. The van der Waals surface area contributed by atoms with E-state index in [1.54, 1.807) is 31.2 Å². The van der Waals surface area contributed by atoms with Crippen LogP contribution >= 0.6 is 0 Å². The molecule has 2 aliphatic rings. The first-order valence-electron chi connectivity index (χ1n) is 11.1. The summed E-state index contributed by atoms with van der Waals surface area (Å²) in [4.78, 5) is 12.8. The molecule has 4 rings (SSSR count). The molecule has 1 unspecified atom stereocenters. The topological polar surface area (TPSA) is 72.9 Å². The third kappa shape index (κ3) is 4.13. The lowest BCUT2D eigenvalue weighted by atomic mass is 9.90.